The molecule has 0 amide bonds. The van der Waals surface area contributed by atoms with Crippen LogP contribution in [0, 0.1) is 0 Å². The van der Waals surface area contributed by atoms with E-state index in [1.807, 2.05) is 48.6 Å². The summed E-state index contributed by atoms with van der Waals surface area (Å²) in [5.74, 6) is -0.693. The summed E-state index contributed by atoms with van der Waals surface area (Å²) in [6.45, 7) is 0.953. The Morgan fingerprint density at radius 2 is 1.07 bits per heavy atom. The number of methoxy groups -OCH3 is 2. The van der Waals surface area contributed by atoms with Crippen LogP contribution in [-0.2, 0) is 14.2 Å². The molecule has 0 aliphatic carbocycles. The van der Waals surface area contributed by atoms with E-state index in [0.29, 0.717) is 24.3 Å². The first-order chi connectivity index (χ1) is 13.1. The topological polar surface area (TPSA) is 61.8 Å². The highest BCUT2D eigenvalue weighted by Crippen LogP contribution is 2.08. The summed E-state index contributed by atoms with van der Waals surface area (Å²) >= 11 is 0. The van der Waals surface area contributed by atoms with Gasteiger partial charge in [-0.05, 0) is 35.4 Å². The Labute approximate surface area is 158 Å². The summed E-state index contributed by atoms with van der Waals surface area (Å²) in [5, 5.41) is 0. The largest absolute Gasteiger partial charge is 0.465 e. The first kappa shape index (κ1) is 20.1. The van der Waals surface area contributed by atoms with Crippen molar-refractivity contribution in [2.45, 2.75) is 0 Å². The maximum Gasteiger partial charge on any atom is 0.337 e. The van der Waals surface area contributed by atoms with Crippen LogP contribution in [0.4, 0.5) is 0 Å². The molecular weight excluding hydrogens is 344 g/mol. The summed E-state index contributed by atoms with van der Waals surface area (Å²) < 4.78 is 14.8. The van der Waals surface area contributed by atoms with Crippen molar-refractivity contribution in [1.29, 1.82) is 0 Å². The van der Waals surface area contributed by atoms with Gasteiger partial charge in [-0.15, -0.1) is 0 Å². The highest BCUT2D eigenvalue weighted by atomic mass is 16.5. The molecule has 0 saturated heterocycles. The quantitative estimate of drug-likeness (QED) is 0.522. The lowest BCUT2D eigenvalue weighted by atomic mass is 10.1. The van der Waals surface area contributed by atoms with Crippen molar-refractivity contribution in [3.63, 3.8) is 0 Å². The fourth-order valence-corrected chi connectivity index (χ4v) is 2.27. The molecule has 2 aromatic rings. The van der Waals surface area contributed by atoms with E-state index in [-0.39, 0.29) is 11.9 Å². The number of carbonyl (C=O) groups is 2. The van der Waals surface area contributed by atoms with Crippen molar-refractivity contribution in [1.82, 2.24) is 0 Å². The second-order valence-electron chi connectivity index (χ2n) is 5.57. The minimum atomic E-state index is -0.347. The molecule has 0 aliphatic heterocycles. The molecule has 5 nitrogen and oxygen atoms in total. The zero-order valence-corrected chi connectivity index (χ0v) is 15.4. The number of hydrogen-bond donors (Lipinski definition) is 0. The average Bonchev–Trinajstić information content (AvgIpc) is 2.72. The van der Waals surface area contributed by atoms with Gasteiger partial charge in [0.15, 0.2) is 0 Å². The van der Waals surface area contributed by atoms with Crippen molar-refractivity contribution < 1.29 is 23.8 Å². The first-order valence-corrected chi connectivity index (χ1v) is 8.41. The Kier molecular flexibility index (Phi) is 8.00. The van der Waals surface area contributed by atoms with Gasteiger partial charge in [0.1, 0.15) is 0 Å². The van der Waals surface area contributed by atoms with E-state index in [4.69, 9.17) is 4.74 Å². The van der Waals surface area contributed by atoms with E-state index in [2.05, 4.69) is 9.47 Å². The average molecular weight is 366 g/mol. The maximum absolute atomic E-state index is 11.4. The number of ether oxygens (including phenoxy) is 3. The summed E-state index contributed by atoms with van der Waals surface area (Å²) in [5.41, 5.74) is 3.01. The Morgan fingerprint density at radius 1 is 0.704 bits per heavy atom. The van der Waals surface area contributed by atoms with Gasteiger partial charge in [-0.2, -0.15) is 0 Å². The second kappa shape index (κ2) is 10.7. The van der Waals surface area contributed by atoms with Gasteiger partial charge in [0.05, 0.1) is 38.6 Å². The molecule has 2 aromatic carbocycles. The SMILES string of the molecule is COC(=O)c1ccc(C=CCOCC=Cc2ccc(C(=O)OC)cc2)cc1. The van der Waals surface area contributed by atoms with Crippen LogP contribution in [0.15, 0.2) is 60.7 Å². The van der Waals surface area contributed by atoms with Gasteiger partial charge in [-0.3, -0.25) is 0 Å². The summed E-state index contributed by atoms with van der Waals surface area (Å²) in [7, 11) is 2.72. The van der Waals surface area contributed by atoms with Crippen molar-refractivity contribution in [2.75, 3.05) is 27.4 Å². The molecule has 0 bridgehead atoms. The molecule has 0 aliphatic rings. The zero-order valence-electron chi connectivity index (χ0n) is 15.4. The molecule has 0 radical (unpaired) electrons. The van der Waals surface area contributed by atoms with Gasteiger partial charge in [-0.1, -0.05) is 48.6 Å². The van der Waals surface area contributed by atoms with Gasteiger partial charge in [0.2, 0.25) is 0 Å². The van der Waals surface area contributed by atoms with Gasteiger partial charge >= 0.3 is 11.9 Å². The standard InChI is InChI=1S/C22H22O5/c1-25-21(23)19-11-7-17(8-12-19)5-3-15-27-16-4-6-18-9-13-20(14-10-18)22(24)26-2/h3-14H,15-16H2,1-2H3. The third-order valence-corrected chi connectivity index (χ3v) is 3.71. The highest BCUT2D eigenvalue weighted by Gasteiger charge is 2.03. The Morgan fingerprint density at radius 3 is 1.41 bits per heavy atom. The molecule has 0 heterocycles. The molecule has 0 atom stereocenters. The second-order valence-corrected chi connectivity index (χ2v) is 5.57. The molecule has 140 valence electrons. The van der Waals surface area contributed by atoms with Gasteiger partial charge in [-0.25, -0.2) is 9.59 Å². The van der Waals surface area contributed by atoms with Gasteiger partial charge in [0, 0.05) is 0 Å². The molecule has 0 fully saturated rings. The van der Waals surface area contributed by atoms with Gasteiger partial charge < -0.3 is 14.2 Å². The third kappa shape index (κ3) is 6.56. The predicted molar refractivity (Wildman–Crippen MR) is 104 cm³/mol. The fraction of sp³-hybridized carbons (Fsp3) is 0.182. The van der Waals surface area contributed by atoms with Crippen LogP contribution in [0.3, 0.4) is 0 Å². The van der Waals surface area contributed by atoms with Crippen molar-refractivity contribution in [3.8, 4) is 0 Å². The molecule has 0 N–H and O–H groups in total. The molecule has 2 rings (SSSR count). The normalized spacial score (nSPS) is 11.0. The monoisotopic (exact) mass is 366 g/mol. The van der Waals surface area contributed by atoms with Crippen LogP contribution in [0.2, 0.25) is 0 Å². The van der Waals surface area contributed by atoms with Crippen LogP contribution in [0.1, 0.15) is 31.8 Å². The lowest BCUT2D eigenvalue weighted by molar-refractivity contribution is 0.0592. The Balaban J connectivity index is 1.72. The maximum atomic E-state index is 11.4. The van der Waals surface area contributed by atoms with Crippen LogP contribution < -0.4 is 0 Å². The van der Waals surface area contributed by atoms with E-state index in [9.17, 15) is 9.59 Å². The number of hydrogen-bond acceptors (Lipinski definition) is 5. The first-order valence-electron chi connectivity index (χ1n) is 8.41. The number of rotatable bonds is 8. The molecule has 0 aromatic heterocycles. The Bertz CT molecular complexity index is 732. The van der Waals surface area contributed by atoms with Crippen LogP contribution in [0.25, 0.3) is 12.2 Å². The van der Waals surface area contributed by atoms with Crippen LogP contribution >= 0.6 is 0 Å². The minimum absolute atomic E-state index is 0.347. The lowest BCUT2D eigenvalue weighted by Gasteiger charge is -2.00. The smallest absolute Gasteiger partial charge is 0.337 e. The number of esters is 2. The molecule has 27 heavy (non-hydrogen) atoms. The van der Waals surface area contributed by atoms with Crippen molar-refractivity contribution in [3.05, 3.63) is 82.9 Å². The van der Waals surface area contributed by atoms with E-state index >= 15 is 0 Å². The summed E-state index contributed by atoms with van der Waals surface area (Å²) in [6.07, 6.45) is 7.67. The zero-order chi connectivity index (χ0) is 19.5. The third-order valence-electron chi connectivity index (χ3n) is 3.71. The van der Waals surface area contributed by atoms with Crippen LogP contribution in [-0.4, -0.2) is 39.4 Å². The van der Waals surface area contributed by atoms with E-state index < -0.39 is 0 Å². The van der Waals surface area contributed by atoms with Crippen LogP contribution in [0.5, 0.6) is 0 Å². The fourth-order valence-electron chi connectivity index (χ4n) is 2.27. The van der Waals surface area contributed by atoms with E-state index in [0.717, 1.165) is 11.1 Å². The summed E-state index contributed by atoms with van der Waals surface area (Å²) in [4.78, 5) is 22.7. The number of benzene rings is 2. The lowest BCUT2D eigenvalue weighted by Crippen LogP contribution is -2.00. The molecular formula is C22H22O5. The predicted octanol–water partition coefficient (Wildman–Crippen LogP) is 4.00. The Hall–Kier alpha value is -3.18. The number of carbonyl (C=O) groups excluding carboxylic acids is 2. The summed E-state index contributed by atoms with van der Waals surface area (Å²) in [6, 6.07) is 14.3. The molecule has 0 saturated carbocycles. The van der Waals surface area contributed by atoms with Crippen molar-refractivity contribution in [2.24, 2.45) is 0 Å². The van der Waals surface area contributed by atoms with E-state index in [1.165, 1.54) is 14.2 Å². The van der Waals surface area contributed by atoms with E-state index in [1.54, 1.807) is 24.3 Å². The molecule has 0 unspecified atom stereocenters. The highest BCUT2D eigenvalue weighted by molar-refractivity contribution is 5.90. The minimum Gasteiger partial charge on any atom is -0.465 e. The van der Waals surface area contributed by atoms with Crippen molar-refractivity contribution >= 4 is 24.1 Å². The molecule has 5 heteroatoms. The van der Waals surface area contributed by atoms with Gasteiger partial charge in [0.25, 0.3) is 0 Å². The molecule has 0 spiro atoms.